The third kappa shape index (κ3) is 2.53. The van der Waals surface area contributed by atoms with Crippen molar-refractivity contribution in [3.8, 4) is 0 Å². The molecule has 1 aliphatic rings. The van der Waals surface area contributed by atoms with Gasteiger partial charge < -0.3 is 10.4 Å². The molecule has 1 aliphatic carbocycles. The largest absolute Gasteiger partial charge is 0.384 e. The van der Waals surface area contributed by atoms with E-state index in [4.69, 9.17) is 0 Å². The minimum atomic E-state index is -0.667. The zero-order valence-electron chi connectivity index (χ0n) is 11.0. The number of aryl methyl sites for hydroxylation is 1. The molecule has 0 bridgehead atoms. The van der Waals surface area contributed by atoms with Gasteiger partial charge in [0, 0.05) is 12.6 Å². The van der Waals surface area contributed by atoms with Crippen molar-refractivity contribution < 1.29 is 5.11 Å². The number of hydrogen-bond donors (Lipinski definition) is 2. The first-order valence-electron chi connectivity index (χ1n) is 6.57. The van der Waals surface area contributed by atoms with Crippen molar-refractivity contribution in [1.29, 1.82) is 0 Å². The molecule has 0 saturated carbocycles. The Bertz CT molecular complexity index is 388. The van der Waals surface area contributed by atoms with Gasteiger partial charge in [-0.15, -0.1) is 0 Å². The third-order valence-corrected chi connectivity index (χ3v) is 4.04. The normalized spacial score (nSPS) is 25.0. The van der Waals surface area contributed by atoms with Crippen molar-refractivity contribution >= 4 is 0 Å². The SMILES string of the molecule is CC(C)C(C)NCC1(O)CCc2ccccc21. The topological polar surface area (TPSA) is 32.3 Å². The highest BCUT2D eigenvalue weighted by molar-refractivity contribution is 5.37. The molecule has 0 spiro atoms. The Morgan fingerprint density at radius 2 is 2.00 bits per heavy atom. The highest BCUT2D eigenvalue weighted by atomic mass is 16.3. The Morgan fingerprint density at radius 1 is 1.29 bits per heavy atom. The van der Waals surface area contributed by atoms with E-state index in [1.807, 2.05) is 6.07 Å². The maximum absolute atomic E-state index is 10.7. The second-order valence-electron chi connectivity index (χ2n) is 5.60. The Hall–Kier alpha value is -0.860. The van der Waals surface area contributed by atoms with Crippen LogP contribution in [0.25, 0.3) is 0 Å². The molecule has 2 heteroatoms. The zero-order valence-corrected chi connectivity index (χ0v) is 11.0. The van der Waals surface area contributed by atoms with Gasteiger partial charge >= 0.3 is 0 Å². The molecule has 17 heavy (non-hydrogen) atoms. The lowest BCUT2D eigenvalue weighted by Crippen LogP contribution is -2.42. The van der Waals surface area contributed by atoms with Gasteiger partial charge in [0.1, 0.15) is 5.60 Å². The Labute approximate surface area is 104 Å². The zero-order chi connectivity index (χ0) is 12.5. The molecule has 0 amide bonds. The molecule has 0 radical (unpaired) electrons. The maximum atomic E-state index is 10.7. The fourth-order valence-corrected chi connectivity index (χ4v) is 2.42. The van der Waals surface area contributed by atoms with Crippen LogP contribution in [0.4, 0.5) is 0 Å². The molecule has 1 aromatic rings. The molecule has 2 atom stereocenters. The minimum Gasteiger partial charge on any atom is -0.384 e. The lowest BCUT2D eigenvalue weighted by molar-refractivity contribution is 0.0349. The summed E-state index contributed by atoms with van der Waals surface area (Å²) >= 11 is 0. The summed E-state index contributed by atoms with van der Waals surface area (Å²) < 4.78 is 0. The summed E-state index contributed by atoms with van der Waals surface area (Å²) in [6.07, 6.45) is 1.83. The van der Waals surface area contributed by atoms with Gasteiger partial charge in [-0.3, -0.25) is 0 Å². The van der Waals surface area contributed by atoms with Crippen LogP contribution in [0.1, 0.15) is 38.3 Å². The van der Waals surface area contributed by atoms with Crippen molar-refractivity contribution in [3.05, 3.63) is 35.4 Å². The first-order chi connectivity index (χ1) is 8.03. The molecule has 94 valence electrons. The van der Waals surface area contributed by atoms with E-state index in [9.17, 15) is 5.11 Å². The van der Waals surface area contributed by atoms with Crippen LogP contribution in [0.5, 0.6) is 0 Å². The van der Waals surface area contributed by atoms with Crippen LogP contribution < -0.4 is 5.32 Å². The summed E-state index contributed by atoms with van der Waals surface area (Å²) in [5.41, 5.74) is 1.75. The summed E-state index contributed by atoms with van der Waals surface area (Å²) in [5.74, 6) is 0.593. The van der Waals surface area contributed by atoms with Crippen molar-refractivity contribution in [2.45, 2.75) is 45.3 Å². The van der Waals surface area contributed by atoms with Crippen LogP contribution >= 0.6 is 0 Å². The van der Waals surface area contributed by atoms with Gasteiger partial charge in [-0.25, -0.2) is 0 Å². The van der Waals surface area contributed by atoms with Gasteiger partial charge in [0.2, 0.25) is 0 Å². The summed E-state index contributed by atoms with van der Waals surface area (Å²) in [7, 11) is 0. The molecule has 2 unspecified atom stereocenters. The van der Waals surface area contributed by atoms with Gasteiger partial charge in [0.05, 0.1) is 0 Å². The summed E-state index contributed by atoms with van der Waals surface area (Å²) in [6.45, 7) is 7.23. The quantitative estimate of drug-likeness (QED) is 0.837. The average molecular weight is 233 g/mol. The van der Waals surface area contributed by atoms with E-state index in [0.717, 1.165) is 18.4 Å². The second kappa shape index (κ2) is 4.79. The van der Waals surface area contributed by atoms with Crippen LogP contribution in [0, 0.1) is 5.92 Å². The average Bonchev–Trinajstić information content (AvgIpc) is 2.65. The molecule has 1 aromatic carbocycles. The van der Waals surface area contributed by atoms with E-state index in [2.05, 4.69) is 44.3 Å². The van der Waals surface area contributed by atoms with E-state index < -0.39 is 5.60 Å². The lowest BCUT2D eigenvalue weighted by atomic mass is 9.95. The molecule has 0 heterocycles. The Balaban J connectivity index is 2.06. The van der Waals surface area contributed by atoms with E-state index in [1.54, 1.807) is 0 Å². The molecule has 0 saturated heterocycles. The molecule has 2 nitrogen and oxygen atoms in total. The number of benzene rings is 1. The van der Waals surface area contributed by atoms with E-state index in [1.165, 1.54) is 5.56 Å². The summed E-state index contributed by atoms with van der Waals surface area (Å²) in [5, 5.41) is 14.2. The van der Waals surface area contributed by atoms with E-state index >= 15 is 0 Å². The van der Waals surface area contributed by atoms with Gasteiger partial charge in [-0.1, -0.05) is 38.1 Å². The van der Waals surface area contributed by atoms with Crippen molar-refractivity contribution in [2.75, 3.05) is 6.54 Å². The molecule has 0 fully saturated rings. The Kier molecular flexibility index (Phi) is 3.55. The van der Waals surface area contributed by atoms with Crippen LogP contribution in [0.2, 0.25) is 0 Å². The second-order valence-corrected chi connectivity index (χ2v) is 5.60. The highest BCUT2D eigenvalue weighted by Crippen LogP contribution is 2.36. The molecule has 2 rings (SSSR count). The van der Waals surface area contributed by atoms with Crippen molar-refractivity contribution in [3.63, 3.8) is 0 Å². The number of nitrogens with one attached hydrogen (secondary N) is 1. The van der Waals surface area contributed by atoms with Crippen LogP contribution in [0.3, 0.4) is 0 Å². The number of aliphatic hydroxyl groups is 1. The first kappa shape index (κ1) is 12.6. The third-order valence-electron chi connectivity index (χ3n) is 4.04. The summed E-state index contributed by atoms with van der Waals surface area (Å²) in [6, 6.07) is 8.69. The van der Waals surface area contributed by atoms with Crippen molar-refractivity contribution in [2.24, 2.45) is 5.92 Å². The lowest BCUT2D eigenvalue weighted by Gasteiger charge is -2.28. The van der Waals surface area contributed by atoms with Crippen molar-refractivity contribution in [1.82, 2.24) is 5.32 Å². The van der Waals surface area contributed by atoms with Gasteiger partial charge in [-0.05, 0) is 36.8 Å². The van der Waals surface area contributed by atoms with E-state index in [-0.39, 0.29) is 0 Å². The predicted octanol–water partition coefficient (Wildman–Crippen LogP) is 2.45. The number of fused-ring (bicyclic) bond motifs is 1. The minimum absolute atomic E-state index is 0.437. The van der Waals surface area contributed by atoms with Crippen LogP contribution in [-0.4, -0.2) is 17.7 Å². The molecule has 0 aromatic heterocycles. The fraction of sp³-hybridized carbons (Fsp3) is 0.600. The van der Waals surface area contributed by atoms with Gasteiger partial charge in [-0.2, -0.15) is 0 Å². The number of hydrogen-bond acceptors (Lipinski definition) is 2. The predicted molar refractivity (Wildman–Crippen MR) is 71.0 cm³/mol. The first-order valence-corrected chi connectivity index (χ1v) is 6.57. The maximum Gasteiger partial charge on any atom is 0.103 e. The molecule has 0 aliphatic heterocycles. The Morgan fingerprint density at radius 3 is 2.71 bits per heavy atom. The standard InChI is InChI=1S/C15H23NO/c1-11(2)12(3)16-10-15(17)9-8-13-6-4-5-7-14(13)15/h4-7,11-12,16-17H,8-10H2,1-3H3. The monoisotopic (exact) mass is 233 g/mol. The summed E-state index contributed by atoms with van der Waals surface area (Å²) in [4.78, 5) is 0. The van der Waals surface area contributed by atoms with Crippen LogP contribution in [-0.2, 0) is 12.0 Å². The highest BCUT2D eigenvalue weighted by Gasteiger charge is 2.36. The smallest absolute Gasteiger partial charge is 0.103 e. The van der Waals surface area contributed by atoms with Gasteiger partial charge in [0.15, 0.2) is 0 Å². The molecule has 2 N–H and O–H groups in total. The van der Waals surface area contributed by atoms with Gasteiger partial charge in [0.25, 0.3) is 0 Å². The number of rotatable bonds is 4. The van der Waals surface area contributed by atoms with E-state index in [0.29, 0.717) is 18.5 Å². The fourth-order valence-electron chi connectivity index (χ4n) is 2.42. The molecular formula is C15H23NO. The molecular weight excluding hydrogens is 210 g/mol. The van der Waals surface area contributed by atoms with Crippen LogP contribution in [0.15, 0.2) is 24.3 Å².